The zero-order valence-corrected chi connectivity index (χ0v) is 17.0. The lowest BCUT2D eigenvalue weighted by Gasteiger charge is -2.32. The van der Waals surface area contributed by atoms with Crippen molar-refractivity contribution in [1.29, 1.82) is 0 Å². The molecule has 0 spiro atoms. The number of sulfonamides is 1. The number of ether oxygens (including phenoxy) is 2. The highest BCUT2D eigenvalue weighted by atomic mass is 32.2. The first-order chi connectivity index (χ1) is 13.9. The summed E-state index contributed by atoms with van der Waals surface area (Å²) in [5.74, 6) is 0.790. The summed E-state index contributed by atoms with van der Waals surface area (Å²) in [6.07, 6.45) is 2.81. The van der Waals surface area contributed by atoms with Crippen LogP contribution in [-0.4, -0.2) is 60.5 Å². The molecular formula is C19H24N4O5S. The molecule has 4 rings (SSSR count). The summed E-state index contributed by atoms with van der Waals surface area (Å²) in [5.41, 5.74) is 1.64. The standard InChI is InChI=1S/C19H24N4O5S/c1-13-4-2-3-8-23(13)29(25,26)9-7-20-19(24)16-11-15(21-22-16)14-5-6-17-18(10-14)28-12-27-17/h5-6,10-11,13H,2-4,7-9,12H2,1H3,(H,20,24)(H,21,22)/t13-/m0/s1. The van der Waals surface area contributed by atoms with Crippen LogP contribution in [0.1, 0.15) is 36.7 Å². The number of amides is 1. The second kappa shape index (κ2) is 8.03. The van der Waals surface area contributed by atoms with Crippen LogP contribution in [-0.2, 0) is 10.0 Å². The summed E-state index contributed by atoms with van der Waals surface area (Å²) in [6.45, 7) is 2.71. The number of carbonyl (C=O) groups excluding carboxylic acids is 1. The molecule has 1 saturated heterocycles. The molecule has 1 atom stereocenters. The molecule has 156 valence electrons. The van der Waals surface area contributed by atoms with Gasteiger partial charge in [-0.3, -0.25) is 9.89 Å². The Morgan fingerprint density at radius 2 is 2.10 bits per heavy atom. The molecule has 0 saturated carbocycles. The van der Waals surface area contributed by atoms with E-state index in [0.717, 1.165) is 24.8 Å². The van der Waals surface area contributed by atoms with Crippen LogP contribution in [0.25, 0.3) is 11.3 Å². The number of H-pyrrole nitrogens is 1. The average molecular weight is 420 g/mol. The molecule has 2 aromatic rings. The Bertz CT molecular complexity index is 1000. The number of piperidine rings is 1. The molecule has 0 radical (unpaired) electrons. The van der Waals surface area contributed by atoms with Crippen molar-refractivity contribution in [2.45, 2.75) is 32.2 Å². The van der Waals surface area contributed by atoms with Crippen LogP contribution in [0.4, 0.5) is 0 Å². The fourth-order valence-corrected chi connectivity index (χ4v) is 5.29. The summed E-state index contributed by atoms with van der Waals surface area (Å²) in [4.78, 5) is 12.4. The van der Waals surface area contributed by atoms with E-state index in [-0.39, 0.29) is 30.8 Å². The first-order valence-corrected chi connectivity index (χ1v) is 11.3. The van der Waals surface area contributed by atoms with E-state index in [4.69, 9.17) is 9.47 Å². The van der Waals surface area contributed by atoms with Gasteiger partial charge >= 0.3 is 0 Å². The van der Waals surface area contributed by atoms with Crippen LogP contribution in [0, 0.1) is 0 Å². The van der Waals surface area contributed by atoms with E-state index in [9.17, 15) is 13.2 Å². The van der Waals surface area contributed by atoms with Gasteiger partial charge in [0, 0.05) is 24.7 Å². The van der Waals surface area contributed by atoms with Gasteiger partial charge in [-0.2, -0.15) is 9.40 Å². The van der Waals surface area contributed by atoms with E-state index < -0.39 is 15.9 Å². The zero-order valence-electron chi connectivity index (χ0n) is 16.2. The van der Waals surface area contributed by atoms with E-state index in [1.807, 2.05) is 13.0 Å². The average Bonchev–Trinajstić information content (AvgIpc) is 3.37. The SMILES string of the molecule is C[C@H]1CCCCN1S(=O)(=O)CCNC(=O)c1cc(-c2ccc3c(c2)OCO3)n[nH]1. The predicted octanol–water partition coefficient (Wildman–Crippen LogP) is 1.74. The van der Waals surface area contributed by atoms with Gasteiger partial charge in [-0.15, -0.1) is 0 Å². The van der Waals surface area contributed by atoms with E-state index >= 15 is 0 Å². The van der Waals surface area contributed by atoms with E-state index in [2.05, 4.69) is 15.5 Å². The summed E-state index contributed by atoms with van der Waals surface area (Å²) < 4.78 is 37.3. The van der Waals surface area contributed by atoms with Crippen molar-refractivity contribution < 1.29 is 22.7 Å². The molecule has 0 aliphatic carbocycles. The van der Waals surface area contributed by atoms with Crippen molar-refractivity contribution in [2.24, 2.45) is 0 Å². The van der Waals surface area contributed by atoms with Gasteiger partial charge in [-0.1, -0.05) is 6.42 Å². The van der Waals surface area contributed by atoms with Gasteiger partial charge in [0.05, 0.1) is 11.4 Å². The Morgan fingerprint density at radius 3 is 2.93 bits per heavy atom. The van der Waals surface area contributed by atoms with Gasteiger partial charge in [0.1, 0.15) is 5.69 Å². The van der Waals surface area contributed by atoms with E-state index in [1.165, 1.54) is 0 Å². The number of nitrogens with zero attached hydrogens (tertiary/aromatic N) is 2. The van der Waals surface area contributed by atoms with Crippen molar-refractivity contribution in [3.8, 4) is 22.8 Å². The molecule has 1 amide bonds. The summed E-state index contributed by atoms with van der Waals surface area (Å²) in [6, 6.07) is 7.05. The highest BCUT2D eigenvalue weighted by molar-refractivity contribution is 7.89. The fourth-order valence-electron chi connectivity index (χ4n) is 3.63. The Balaban J connectivity index is 1.35. The van der Waals surface area contributed by atoms with Crippen LogP contribution < -0.4 is 14.8 Å². The molecule has 2 N–H and O–H groups in total. The van der Waals surface area contributed by atoms with E-state index in [1.54, 1.807) is 22.5 Å². The Morgan fingerprint density at radius 1 is 1.28 bits per heavy atom. The van der Waals surface area contributed by atoms with Gasteiger partial charge in [-0.25, -0.2) is 8.42 Å². The largest absolute Gasteiger partial charge is 0.454 e. The first-order valence-electron chi connectivity index (χ1n) is 9.67. The van der Waals surface area contributed by atoms with E-state index in [0.29, 0.717) is 23.7 Å². The summed E-state index contributed by atoms with van der Waals surface area (Å²) in [5, 5.41) is 9.52. The Hall–Kier alpha value is -2.59. The van der Waals surface area contributed by atoms with Crippen LogP contribution in [0.15, 0.2) is 24.3 Å². The number of aromatic amines is 1. The number of aromatic nitrogens is 2. The topological polar surface area (TPSA) is 114 Å². The maximum Gasteiger partial charge on any atom is 0.269 e. The number of carbonyl (C=O) groups is 1. The van der Waals surface area contributed by atoms with Crippen LogP contribution in [0.3, 0.4) is 0 Å². The molecule has 1 aromatic heterocycles. The maximum absolute atomic E-state index is 12.5. The number of benzene rings is 1. The van der Waals surface area contributed by atoms with Gasteiger partial charge in [0.2, 0.25) is 16.8 Å². The fraction of sp³-hybridized carbons (Fsp3) is 0.474. The van der Waals surface area contributed by atoms with Gasteiger partial charge in [0.25, 0.3) is 5.91 Å². The highest BCUT2D eigenvalue weighted by Crippen LogP contribution is 2.35. The van der Waals surface area contributed by atoms with Gasteiger partial charge in [0.15, 0.2) is 11.5 Å². The molecule has 2 aliphatic heterocycles. The lowest BCUT2D eigenvalue weighted by Crippen LogP contribution is -2.45. The second-order valence-electron chi connectivity index (χ2n) is 7.26. The molecular weight excluding hydrogens is 396 g/mol. The normalized spacial score (nSPS) is 19.3. The third-order valence-corrected chi connectivity index (χ3v) is 7.21. The number of nitrogens with one attached hydrogen (secondary N) is 2. The molecule has 3 heterocycles. The monoisotopic (exact) mass is 420 g/mol. The quantitative estimate of drug-likeness (QED) is 0.736. The molecule has 9 nitrogen and oxygen atoms in total. The molecule has 1 fully saturated rings. The molecule has 2 aliphatic rings. The number of rotatable bonds is 6. The third kappa shape index (κ3) is 4.23. The molecule has 0 bridgehead atoms. The number of hydrogen-bond acceptors (Lipinski definition) is 6. The molecule has 10 heteroatoms. The maximum atomic E-state index is 12.5. The van der Waals surface area contributed by atoms with Crippen LogP contribution in [0.5, 0.6) is 11.5 Å². The van der Waals surface area contributed by atoms with Crippen LogP contribution >= 0.6 is 0 Å². The van der Waals surface area contributed by atoms with Gasteiger partial charge < -0.3 is 14.8 Å². The van der Waals surface area contributed by atoms with Gasteiger partial charge in [-0.05, 0) is 44.0 Å². The first kappa shape index (κ1) is 19.7. The molecule has 29 heavy (non-hydrogen) atoms. The van der Waals surface area contributed by atoms with Crippen molar-refractivity contribution in [3.05, 3.63) is 30.0 Å². The lowest BCUT2D eigenvalue weighted by atomic mass is 10.1. The Kier molecular flexibility index (Phi) is 5.46. The lowest BCUT2D eigenvalue weighted by molar-refractivity contribution is 0.0951. The van der Waals surface area contributed by atoms with Crippen LogP contribution in [0.2, 0.25) is 0 Å². The van der Waals surface area contributed by atoms with Crippen molar-refractivity contribution in [2.75, 3.05) is 25.6 Å². The summed E-state index contributed by atoms with van der Waals surface area (Å²) in [7, 11) is -3.39. The minimum atomic E-state index is -3.39. The summed E-state index contributed by atoms with van der Waals surface area (Å²) >= 11 is 0. The Labute approximate surface area is 169 Å². The number of hydrogen-bond donors (Lipinski definition) is 2. The smallest absolute Gasteiger partial charge is 0.269 e. The minimum absolute atomic E-state index is 0.0151. The number of fused-ring (bicyclic) bond motifs is 1. The zero-order chi connectivity index (χ0) is 20.4. The minimum Gasteiger partial charge on any atom is -0.454 e. The molecule has 1 aromatic carbocycles. The second-order valence-corrected chi connectivity index (χ2v) is 9.30. The third-order valence-electron chi connectivity index (χ3n) is 5.24. The predicted molar refractivity (Wildman–Crippen MR) is 106 cm³/mol. The molecule has 0 unspecified atom stereocenters. The van der Waals surface area contributed by atoms with Crippen molar-refractivity contribution >= 4 is 15.9 Å². The van der Waals surface area contributed by atoms with Crippen molar-refractivity contribution in [1.82, 2.24) is 19.8 Å². The highest BCUT2D eigenvalue weighted by Gasteiger charge is 2.29. The van der Waals surface area contributed by atoms with Crippen molar-refractivity contribution in [3.63, 3.8) is 0 Å².